The lowest BCUT2D eigenvalue weighted by atomic mass is 10.3. The molecular formula is C13H16BrN5O. The number of halogens is 1. The van der Waals surface area contributed by atoms with Crippen LogP contribution in [0.3, 0.4) is 0 Å². The van der Waals surface area contributed by atoms with Crippen LogP contribution in [0, 0.1) is 0 Å². The van der Waals surface area contributed by atoms with Crippen molar-refractivity contribution in [1.29, 1.82) is 0 Å². The molecule has 2 heterocycles. The van der Waals surface area contributed by atoms with Crippen molar-refractivity contribution in [2.24, 2.45) is 7.05 Å². The molecule has 2 rings (SSSR count). The van der Waals surface area contributed by atoms with Crippen molar-refractivity contribution in [2.45, 2.75) is 13.0 Å². The fourth-order valence-electron chi connectivity index (χ4n) is 1.76. The Bertz CT molecular complexity index is 661. The van der Waals surface area contributed by atoms with E-state index >= 15 is 0 Å². The van der Waals surface area contributed by atoms with Gasteiger partial charge in [-0.3, -0.25) is 9.48 Å². The molecule has 106 valence electrons. The zero-order valence-corrected chi connectivity index (χ0v) is 12.8. The minimum absolute atomic E-state index is 0.173. The van der Waals surface area contributed by atoms with Crippen molar-refractivity contribution in [3.8, 4) is 0 Å². The Labute approximate surface area is 125 Å². The van der Waals surface area contributed by atoms with Crippen molar-refractivity contribution >= 4 is 21.6 Å². The maximum absolute atomic E-state index is 12.0. The lowest BCUT2D eigenvalue weighted by Gasteiger charge is -2.08. The normalized spacial score (nSPS) is 10.5. The molecule has 0 unspecified atom stereocenters. The summed E-state index contributed by atoms with van der Waals surface area (Å²) in [6.45, 7) is 4.67. The Kier molecular flexibility index (Phi) is 4.73. The second-order valence-corrected chi connectivity index (χ2v) is 5.10. The predicted molar refractivity (Wildman–Crippen MR) is 81.8 cm³/mol. The van der Waals surface area contributed by atoms with E-state index in [4.69, 9.17) is 0 Å². The van der Waals surface area contributed by atoms with Crippen molar-refractivity contribution in [2.75, 3.05) is 11.9 Å². The van der Waals surface area contributed by atoms with Gasteiger partial charge in [0.05, 0.1) is 24.1 Å². The van der Waals surface area contributed by atoms with Crippen LogP contribution in [0.25, 0.3) is 0 Å². The third kappa shape index (κ3) is 3.36. The number of aryl methyl sites for hydroxylation is 1. The average molecular weight is 338 g/mol. The second kappa shape index (κ2) is 6.51. The van der Waals surface area contributed by atoms with Gasteiger partial charge in [0.25, 0.3) is 5.56 Å². The van der Waals surface area contributed by atoms with E-state index < -0.39 is 0 Å². The van der Waals surface area contributed by atoms with E-state index in [1.807, 2.05) is 19.3 Å². The van der Waals surface area contributed by atoms with Crippen LogP contribution in [-0.2, 0) is 20.0 Å². The van der Waals surface area contributed by atoms with Gasteiger partial charge in [-0.2, -0.15) is 10.2 Å². The minimum Gasteiger partial charge on any atom is -0.382 e. The number of anilines is 1. The lowest BCUT2D eigenvalue weighted by Crippen LogP contribution is -2.24. The third-order valence-corrected chi connectivity index (χ3v) is 3.52. The maximum Gasteiger partial charge on any atom is 0.283 e. The first-order valence-corrected chi connectivity index (χ1v) is 7.00. The minimum atomic E-state index is -0.173. The standard InChI is InChI=1S/C13H16BrN5O/c1-3-7-19-13(20)12(14)11(9-16-19)15-6-4-10-5-8-18(2)17-10/h3,5,8-9,15H,1,4,6-7H2,2H3. The molecule has 0 aromatic carbocycles. The van der Waals surface area contributed by atoms with E-state index in [2.05, 4.69) is 38.0 Å². The molecule has 2 aromatic rings. The van der Waals surface area contributed by atoms with E-state index in [0.29, 0.717) is 23.2 Å². The highest BCUT2D eigenvalue weighted by molar-refractivity contribution is 9.10. The molecule has 20 heavy (non-hydrogen) atoms. The van der Waals surface area contributed by atoms with E-state index in [9.17, 15) is 4.79 Å². The molecule has 0 aliphatic rings. The number of hydrogen-bond acceptors (Lipinski definition) is 4. The number of allylic oxidation sites excluding steroid dienone is 1. The molecule has 0 atom stereocenters. The number of nitrogens with zero attached hydrogens (tertiary/aromatic N) is 4. The van der Waals surface area contributed by atoms with E-state index in [-0.39, 0.29) is 5.56 Å². The fourth-order valence-corrected chi connectivity index (χ4v) is 2.21. The highest BCUT2D eigenvalue weighted by atomic mass is 79.9. The number of hydrogen-bond donors (Lipinski definition) is 1. The zero-order chi connectivity index (χ0) is 14.5. The number of nitrogens with one attached hydrogen (secondary N) is 1. The van der Waals surface area contributed by atoms with Gasteiger partial charge in [0, 0.05) is 26.2 Å². The van der Waals surface area contributed by atoms with Crippen LogP contribution < -0.4 is 10.9 Å². The Morgan fingerprint density at radius 3 is 3.00 bits per heavy atom. The topological polar surface area (TPSA) is 64.7 Å². The molecule has 7 heteroatoms. The first-order chi connectivity index (χ1) is 9.61. The van der Waals surface area contributed by atoms with Crippen LogP contribution in [0.1, 0.15) is 5.69 Å². The van der Waals surface area contributed by atoms with E-state index in [0.717, 1.165) is 12.1 Å². The lowest BCUT2D eigenvalue weighted by molar-refractivity contribution is 0.648. The summed E-state index contributed by atoms with van der Waals surface area (Å²) >= 11 is 3.30. The summed E-state index contributed by atoms with van der Waals surface area (Å²) < 4.78 is 3.60. The molecule has 1 N–H and O–H groups in total. The summed E-state index contributed by atoms with van der Waals surface area (Å²) in [5.74, 6) is 0. The predicted octanol–water partition coefficient (Wildman–Crippen LogP) is 1.58. The van der Waals surface area contributed by atoms with Gasteiger partial charge in [-0.25, -0.2) is 4.68 Å². The molecule has 0 spiro atoms. The number of aromatic nitrogens is 4. The molecule has 0 saturated carbocycles. The first kappa shape index (κ1) is 14.5. The van der Waals surface area contributed by atoms with Crippen LogP contribution in [0.2, 0.25) is 0 Å². The summed E-state index contributed by atoms with van der Waals surface area (Å²) in [4.78, 5) is 12.0. The van der Waals surface area contributed by atoms with Gasteiger partial charge in [-0.05, 0) is 22.0 Å². The quantitative estimate of drug-likeness (QED) is 0.813. The van der Waals surface area contributed by atoms with Crippen molar-refractivity contribution < 1.29 is 0 Å². The zero-order valence-electron chi connectivity index (χ0n) is 11.2. The van der Waals surface area contributed by atoms with Gasteiger partial charge in [0.2, 0.25) is 0 Å². The Morgan fingerprint density at radius 2 is 2.35 bits per heavy atom. The third-order valence-electron chi connectivity index (χ3n) is 2.75. The first-order valence-electron chi connectivity index (χ1n) is 6.20. The van der Waals surface area contributed by atoms with Crippen LogP contribution >= 0.6 is 15.9 Å². The molecule has 0 aliphatic carbocycles. The molecule has 2 aromatic heterocycles. The highest BCUT2D eigenvalue weighted by Gasteiger charge is 2.07. The molecule has 0 radical (unpaired) electrons. The van der Waals surface area contributed by atoms with E-state index in [1.165, 1.54) is 4.68 Å². The average Bonchev–Trinajstić information content (AvgIpc) is 2.84. The van der Waals surface area contributed by atoms with Crippen LogP contribution in [0.4, 0.5) is 5.69 Å². The van der Waals surface area contributed by atoms with Crippen molar-refractivity contribution in [1.82, 2.24) is 19.6 Å². The fraction of sp³-hybridized carbons (Fsp3) is 0.308. The highest BCUT2D eigenvalue weighted by Crippen LogP contribution is 2.15. The van der Waals surface area contributed by atoms with Crippen molar-refractivity contribution in [3.63, 3.8) is 0 Å². The summed E-state index contributed by atoms with van der Waals surface area (Å²) in [5, 5.41) is 11.6. The van der Waals surface area contributed by atoms with Crippen molar-refractivity contribution in [3.05, 3.63) is 51.6 Å². The maximum atomic E-state index is 12.0. The van der Waals surface area contributed by atoms with Gasteiger partial charge in [0.1, 0.15) is 4.47 Å². The molecular weight excluding hydrogens is 322 g/mol. The second-order valence-electron chi connectivity index (χ2n) is 4.31. The van der Waals surface area contributed by atoms with Gasteiger partial charge in [-0.15, -0.1) is 6.58 Å². The Balaban J connectivity index is 2.01. The smallest absolute Gasteiger partial charge is 0.283 e. The summed E-state index contributed by atoms with van der Waals surface area (Å²) in [5.41, 5.74) is 1.52. The largest absolute Gasteiger partial charge is 0.382 e. The summed E-state index contributed by atoms with van der Waals surface area (Å²) in [6.07, 6.45) is 5.95. The van der Waals surface area contributed by atoms with Crippen LogP contribution in [0.15, 0.2) is 40.4 Å². The molecule has 0 aliphatic heterocycles. The molecule has 6 nitrogen and oxygen atoms in total. The summed E-state index contributed by atoms with van der Waals surface area (Å²) in [6, 6.07) is 1.97. The molecule has 0 amide bonds. The van der Waals surface area contributed by atoms with Crippen LogP contribution in [0.5, 0.6) is 0 Å². The Hall–Kier alpha value is -1.89. The van der Waals surface area contributed by atoms with Gasteiger partial charge in [0.15, 0.2) is 0 Å². The van der Waals surface area contributed by atoms with E-state index in [1.54, 1.807) is 17.0 Å². The molecule has 0 bridgehead atoms. The monoisotopic (exact) mass is 337 g/mol. The SMILES string of the molecule is C=CCn1ncc(NCCc2ccn(C)n2)c(Br)c1=O. The van der Waals surface area contributed by atoms with Gasteiger partial charge >= 0.3 is 0 Å². The van der Waals surface area contributed by atoms with Crippen LogP contribution in [-0.4, -0.2) is 26.1 Å². The van der Waals surface area contributed by atoms with Gasteiger partial charge in [-0.1, -0.05) is 6.08 Å². The van der Waals surface area contributed by atoms with Gasteiger partial charge < -0.3 is 5.32 Å². The Morgan fingerprint density at radius 1 is 1.55 bits per heavy atom. The number of rotatable bonds is 6. The molecule has 0 fully saturated rings. The summed E-state index contributed by atoms with van der Waals surface area (Å²) in [7, 11) is 1.89. The molecule has 0 saturated heterocycles.